The number of benzene rings is 1. The number of aromatic nitrogens is 1. The zero-order valence-electron chi connectivity index (χ0n) is 15.1. The number of anilines is 1. The lowest BCUT2D eigenvalue weighted by molar-refractivity contribution is 0.346. The van der Waals surface area contributed by atoms with Crippen molar-refractivity contribution in [2.75, 3.05) is 18.5 Å². The lowest BCUT2D eigenvalue weighted by Crippen LogP contribution is -2.35. The Morgan fingerprint density at radius 2 is 1.79 bits per heavy atom. The maximum atomic E-state index is 12.6. The van der Waals surface area contributed by atoms with Crippen molar-refractivity contribution in [1.29, 1.82) is 0 Å². The molecule has 10 heteroatoms. The molecule has 0 radical (unpaired) electrons. The van der Waals surface area contributed by atoms with E-state index in [1.807, 2.05) is 0 Å². The van der Waals surface area contributed by atoms with E-state index in [0.29, 0.717) is 40.2 Å². The molecule has 1 aromatic carbocycles. The van der Waals surface area contributed by atoms with Gasteiger partial charge in [-0.25, -0.2) is 13.4 Å². The first kappa shape index (κ1) is 21.3. The monoisotopic (exact) mass is 460 g/mol. The van der Waals surface area contributed by atoms with Gasteiger partial charge in [0.15, 0.2) is 0 Å². The third-order valence-electron chi connectivity index (χ3n) is 4.45. The van der Waals surface area contributed by atoms with E-state index in [2.05, 4.69) is 15.5 Å². The molecule has 1 aliphatic rings. The number of nitrogens with zero attached hydrogens (tertiary/aromatic N) is 3. The van der Waals surface area contributed by atoms with E-state index < -0.39 is 10.0 Å². The highest BCUT2D eigenvalue weighted by atomic mass is 35.5. The Balaban J connectivity index is 1.74. The van der Waals surface area contributed by atoms with Gasteiger partial charge in [0.2, 0.25) is 10.0 Å². The maximum Gasteiger partial charge on any atom is 0.244 e. The molecule has 6 nitrogen and oxygen atoms in total. The van der Waals surface area contributed by atoms with E-state index in [0.717, 1.165) is 19.3 Å². The molecule has 0 amide bonds. The molecule has 1 saturated heterocycles. The Hall–Kier alpha value is -1.38. The third-order valence-corrected chi connectivity index (χ3v) is 7.63. The topological polar surface area (TPSA) is 74.7 Å². The summed E-state index contributed by atoms with van der Waals surface area (Å²) in [5.74, 6) is 0.410. The number of hydrogen-bond donors (Lipinski definition) is 1. The number of hydrogen-bond acceptors (Lipinski definition) is 5. The highest BCUT2D eigenvalue weighted by Gasteiger charge is 2.26. The molecule has 0 spiro atoms. The molecule has 28 heavy (non-hydrogen) atoms. The van der Waals surface area contributed by atoms with Gasteiger partial charge in [0, 0.05) is 24.8 Å². The third kappa shape index (κ3) is 4.60. The van der Waals surface area contributed by atoms with E-state index >= 15 is 0 Å². The van der Waals surface area contributed by atoms with Crippen LogP contribution in [0.1, 0.15) is 31.7 Å². The second-order valence-electron chi connectivity index (χ2n) is 6.38. The van der Waals surface area contributed by atoms with Gasteiger partial charge in [-0.3, -0.25) is 5.43 Å². The van der Waals surface area contributed by atoms with Crippen LogP contribution in [0.2, 0.25) is 15.1 Å². The number of halogens is 3. The predicted octanol–water partition coefficient (Wildman–Crippen LogP) is 5.05. The first-order valence-electron chi connectivity index (χ1n) is 8.71. The van der Waals surface area contributed by atoms with E-state index in [9.17, 15) is 8.42 Å². The fourth-order valence-corrected chi connectivity index (χ4v) is 5.00. The molecule has 0 bridgehead atoms. The minimum atomic E-state index is -3.50. The summed E-state index contributed by atoms with van der Waals surface area (Å²) in [5, 5.41) is 5.18. The molecular formula is C18H19Cl3N4O2S. The summed E-state index contributed by atoms with van der Waals surface area (Å²) in [7, 11) is -3.50. The van der Waals surface area contributed by atoms with E-state index in [1.165, 1.54) is 16.6 Å². The van der Waals surface area contributed by atoms with Crippen LogP contribution in [0.3, 0.4) is 0 Å². The molecular weight excluding hydrogens is 443 g/mol. The van der Waals surface area contributed by atoms with Gasteiger partial charge in [-0.2, -0.15) is 9.41 Å². The highest BCUT2D eigenvalue weighted by molar-refractivity contribution is 7.89. The van der Waals surface area contributed by atoms with Crippen molar-refractivity contribution in [3.05, 3.63) is 51.1 Å². The van der Waals surface area contributed by atoms with Crippen molar-refractivity contribution in [2.45, 2.75) is 31.1 Å². The quantitative estimate of drug-likeness (QED) is 0.384. The van der Waals surface area contributed by atoms with Crippen LogP contribution in [-0.2, 0) is 10.0 Å². The second-order valence-corrected chi connectivity index (χ2v) is 9.48. The van der Waals surface area contributed by atoms with Crippen molar-refractivity contribution in [3.63, 3.8) is 0 Å². The first-order valence-corrected chi connectivity index (χ1v) is 11.3. The van der Waals surface area contributed by atoms with Gasteiger partial charge >= 0.3 is 0 Å². The molecule has 1 aliphatic heterocycles. The first-order chi connectivity index (χ1) is 13.3. The summed E-state index contributed by atoms with van der Waals surface area (Å²) in [6, 6.07) is 6.46. The summed E-state index contributed by atoms with van der Waals surface area (Å²) >= 11 is 18.2. The molecule has 1 fully saturated rings. The molecule has 2 aromatic rings. The van der Waals surface area contributed by atoms with Crippen molar-refractivity contribution < 1.29 is 8.42 Å². The molecule has 2 heterocycles. The van der Waals surface area contributed by atoms with Crippen LogP contribution in [0, 0.1) is 0 Å². The standard InChI is InChI=1S/C18H19Cl3N4O2S/c1-12(14-6-7-15(19)18(21)17(14)20)23-24-16-8-5-13(11-22-16)28(26,27)25-9-3-2-4-10-25/h5-8,11H,2-4,9-10H2,1H3,(H,22,24). The maximum absolute atomic E-state index is 12.6. The Morgan fingerprint density at radius 1 is 1.07 bits per heavy atom. The van der Waals surface area contributed by atoms with Crippen molar-refractivity contribution >= 4 is 56.4 Å². The fourth-order valence-electron chi connectivity index (χ4n) is 2.86. The van der Waals surface area contributed by atoms with Gasteiger partial charge in [0.05, 0.1) is 20.8 Å². The Kier molecular flexibility index (Phi) is 6.83. The molecule has 0 unspecified atom stereocenters. The number of rotatable bonds is 5. The van der Waals surface area contributed by atoms with Crippen LogP contribution < -0.4 is 5.43 Å². The van der Waals surface area contributed by atoms with Gasteiger partial charge in [0.1, 0.15) is 10.7 Å². The van der Waals surface area contributed by atoms with Crippen LogP contribution in [0.15, 0.2) is 40.5 Å². The number of hydrazone groups is 1. The summed E-state index contributed by atoms with van der Waals surface area (Å²) in [4.78, 5) is 4.33. The number of nitrogens with one attached hydrogen (secondary N) is 1. The SMILES string of the molecule is CC(=NNc1ccc(S(=O)(=O)N2CCCCC2)cn1)c1ccc(Cl)c(Cl)c1Cl. The Bertz CT molecular complexity index is 989. The van der Waals surface area contributed by atoms with Crippen LogP contribution in [0.5, 0.6) is 0 Å². The van der Waals surface area contributed by atoms with Gasteiger partial charge in [-0.15, -0.1) is 0 Å². The van der Waals surface area contributed by atoms with E-state index in [1.54, 1.807) is 25.1 Å². The molecule has 150 valence electrons. The lowest BCUT2D eigenvalue weighted by atomic mass is 10.1. The Labute approximate surface area is 179 Å². The molecule has 3 rings (SSSR count). The predicted molar refractivity (Wildman–Crippen MR) is 114 cm³/mol. The molecule has 1 aromatic heterocycles. The highest BCUT2D eigenvalue weighted by Crippen LogP contribution is 2.33. The minimum absolute atomic E-state index is 0.174. The largest absolute Gasteiger partial charge is 0.261 e. The summed E-state index contributed by atoms with van der Waals surface area (Å²) in [5.41, 5.74) is 4.01. The number of piperidine rings is 1. The van der Waals surface area contributed by atoms with Gasteiger partial charge in [-0.05, 0) is 38.0 Å². The van der Waals surface area contributed by atoms with Crippen LogP contribution >= 0.6 is 34.8 Å². The molecule has 0 saturated carbocycles. The lowest BCUT2D eigenvalue weighted by Gasteiger charge is -2.25. The minimum Gasteiger partial charge on any atom is -0.261 e. The van der Waals surface area contributed by atoms with Gasteiger partial charge in [0.25, 0.3) is 0 Å². The fraction of sp³-hybridized carbons (Fsp3) is 0.333. The Morgan fingerprint density at radius 3 is 2.43 bits per heavy atom. The zero-order chi connectivity index (χ0) is 20.3. The summed E-state index contributed by atoms with van der Waals surface area (Å²) < 4.78 is 26.8. The van der Waals surface area contributed by atoms with Crippen LogP contribution in [0.4, 0.5) is 5.82 Å². The normalized spacial score (nSPS) is 16.2. The molecule has 0 aliphatic carbocycles. The van der Waals surface area contributed by atoms with E-state index in [4.69, 9.17) is 34.8 Å². The summed E-state index contributed by atoms with van der Waals surface area (Å²) in [6.07, 6.45) is 4.17. The van der Waals surface area contributed by atoms with Gasteiger partial charge < -0.3 is 0 Å². The van der Waals surface area contributed by atoms with Crippen molar-refractivity contribution in [1.82, 2.24) is 9.29 Å². The molecule has 0 atom stereocenters. The number of pyridine rings is 1. The zero-order valence-corrected chi connectivity index (χ0v) is 18.2. The smallest absolute Gasteiger partial charge is 0.244 e. The van der Waals surface area contributed by atoms with Gasteiger partial charge in [-0.1, -0.05) is 47.3 Å². The second kappa shape index (κ2) is 8.97. The summed E-state index contributed by atoms with van der Waals surface area (Å²) in [6.45, 7) is 2.86. The number of sulfonamides is 1. The average Bonchev–Trinajstić information content (AvgIpc) is 2.71. The van der Waals surface area contributed by atoms with E-state index in [-0.39, 0.29) is 9.92 Å². The van der Waals surface area contributed by atoms with Crippen molar-refractivity contribution in [3.8, 4) is 0 Å². The molecule has 1 N–H and O–H groups in total. The van der Waals surface area contributed by atoms with Crippen LogP contribution in [0.25, 0.3) is 0 Å². The van der Waals surface area contributed by atoms with Crippen molar-refractivity contribution in [2.24, 2.45) is 5.10 Å². The van der Waals surface area contributed by atoms with Crippen LogP contribution in [-0.4, -0.2) is 36.5 Å². The average molecular weight is 462 g/mol.